The zero-order chi connectivity index (χ0) is 21.4. The normalized spacial score (nSPS) is 19.5. The van der Waals surface area contributed by atoms with Crippen molar-refractivity contribution in [1.29, 1.82) is 0 Å². The minimum atomic E-state index is -1.21. The smallest absolute Gasteiger partial charge is 0.201 e. The Balaban J connectivity index is 1.79. The van der Waals surface area contributed by atoms with Crippen LogP contribution < -0.4 is 16.1 Å². The molecule has 1 fully saturated rings. The van der Waals surface area contributed by atoms with E-state index in [4.69, 9.17) is 11.6 Å². The van der Waals surface area contributed by atoms with Gasteiger partial charge in [-0.2, -0.15) is 0 Å². The number of aromatic amines is 1. The SMILES string of the molecule is ONC(=Nc1ccc(F)c(Cl)c1)c1cc(F)c(F)c2nc(NC3CNCC3O)[nH]c12. The fourth-order valence-corrected chi connectivity index (χ4v) is 3.35. The second-order valence-electron chi connectivity index (χ2n) is 6.68. The minimum absolute atomic E-state index is 0.0301. The van der Waals surface area contributed by atoms with E-state index >= 15 is 0 Å². The van der Waals surface area contributed by atoms with Crippen LogP contribution in [0.1, 0.15) is 5.56 Å². The van der Waals surface area contributed by atoms with E-state index in [1.54, 1.807) is 0 Å². The highest BCUT2D eigenvalue weighted by Crippen LogP contribution is 2.27. The minimum Gasteiger partial charge on any atom is -0.390 e. The number of rotatable bonds is 4. The van der Waals surface area contributed by atoms with Gasteiger partial charge in [-0.25, -0.2) is 23.1 Å². The number of halogens is 4. The van der Waals surface area contributed by atoms with Crippen LogP contribution in [-0.4, -0.2) is 51.4 Å². The van der Waals surface area contributed by atoms with Crippen molar-refractivity contribution in [3.63, 3.8) is 0 Å². The van der Waals surface area contributed by atoms with Crippen LogP contribution in [0.3, 0.4) is 0 Å². The molecule has 1 aromatic heterocycles. The first-order valence-electron chi connectivity index (χ1n) is 8.84. The molecule has 2 unspecified atom stereocenters. The molecule has 1 aliphatic heterocycles. The van der Waals surface area contributed by atoms with Gasteiger partial charge < -0.3 is 20.7 Å². The number of hydrogen-bond donors (Lipinski definition) is 6. The highest BCUT2D eigenvalue weighted by molar-refractivity contribution is 6.31. The summed E-state index contributed by atoms with van der Waals surface area (Å²) in [5.74, 6) is -3.20. The fourth-order valence-electron chi connectivity index (χ4n) is 3.17. The van der Waals surface area contributed by atoms with Crippen LogP contribution in [0.5, 0.6) is 0 Å². The van der Waals surface area contributed by atoms with Crippen LogP contribution in [0.2, 0.25) is 5.02 Å². The molecule has 2 aromatic carbocycles. The van der Waals surface area contributed by atoms with Gasteiger partial charge in [0, 0.05) is 18.7 Å². The van der Waals surface area contributed by atoms with E-state index in [0.29, 0.717) is 13.1 Å². The van der Waals surface area contributed by atoms with Crippen LogP contribution >= 0.6 is 11.6 Å². The summed E-state index contributed by atoms with van der Waals surface area (Å²) < 4.78 is 41.9. The Labute approximate surface area is 172 Å². The molecule has 4 rings (SSSR count). The molecule has 0 bridgehead atoms. The molecule has 1 aliphatic rings. The number of H-pyrrole nitrogens is 1. The molecular weight excluding hydrogens is 425 g/mol. The molecule has 1 saturated heterocycles. The van der Waals surface area contributed by atoms with Crippen molar-refractivity contribution in [3.05, 3.63) is 52.3 Å². The van der Waals surface area contributed by atoms with Gasteiger partial charge in [0.05, 0.1) is 28.4 Å². The zero-order valence-electron chi connectivity index (χ0n) is 15.2. The average molecular weight is 441 g/mol. The molecule has 0 aliphatic carbocycles. The second-order valence-corrected chi connectivity index (χ2v) is 7.08. The summed E-state index contributed by atoms with van der Waals surface area (Å²) in [4.78, 5) is 10.9. The van der Waals surface area contributed by atoms with Gasteiger partial charge in [0.15, 0.2) is 17.5 Å². The van der Waals surface area contributed by atoms with E-state index in [1.807, 2.05) is 5.48 Å². The van der Waals surface area contributed by atoms with E-state index in [-0.39, 0.29) is 45.1 Å². The monoisotopic (exact) mass is 440 g/mol. The average Bonchev–Trinajstić information content (AvgIpc) is 3.32. The van der Waals surface area contributed by atoms with Crippen molar-refractivity contribution in [1.82, 2.24) is 20.8 Å². The Morgan fingerprint density at radius 2 is 2.00 bits per heavy atom. The van der Waals surface area contributed by atoms with Gasteiger partial charge in [0.25, 0.3) is 0 Å². The maximum atomic E-state index is 14.3. The van der Waals surface area contributed by atoms with E-state index in [0.717, 1.165) is 12.1 Å². The van der Waals surface area contributed by atoms with Crippen LogP contribution in [0.15, 0.2) is 29.3 Å². The van der Waals surface area contributed by atoms with Crippen LogP contribution in [-0.2, 0) is 0 Å². The van der Waals surface area contributed by atoms with E-state index in [9.17, 15) is 23.5 Å². The number of anilines is 1. The first-order valence-corrected chi connectivity index (χ1v) is 9.22. The Bertz CT molecular complexity index is 1140. The van der Waals surface area contributed by atoms with Crippen molar-refractivity contribution >= 4 is 40.1 Å². The van der Waals surface area contributed by atoms with Gasteiger partial charge in [-0.15, -0.1) is 0 Å². The molecule has 6 N–H and O–H groups in total. The number of benzene rings is 2. The first-order chi connectivity index (χ1) is 14.4. The number of aromatic nitrogens is 2. The number of imidazole rings is 1. The molecule has 0 spiro atoms. The maximum Gasteiger partial charge on any atom is 0.201 e. The first kappa shape index (κ1) is 20.4. The predicted molar refractivity (Wildman–Crippen MR) is 105 cm³/mol. The lowest BCUT2D eigenvalue weighted by Gasteiger charge is -2.14. The quantitative estimate of drug-likeness (QED) is 0.211. The van der Waals surface area contributed by atoms with E-state index in [2.05, 4.69) is 25.6 Å². The molecule has 3 aromatic rings. The maximum absolute atomic E-state index is 14.3. The van der Waals surface area contributed by atoms with Crippen molar-refractivity contribution in [2.45, 2.75) is 12.1 Å². The molecule has 0 amide bonds. The lowest BCUT2D eigenvalue weighted by Crippen LogP contribution is -2.32. The van der Waals surface area contributed by atoms with Gasteiger partial charge in [-0.05, 0) is 24.3 Å². The highest BCUT2D eigenvalue weighted by atomic mass is 35.5. The summed E-state index contributed by atoms with van der Waals surface area (Å²) in [5.41, 5.74) is 1.69. The summed E-state index contributed by atoms with van der Waals surface area (Å²) in [6, 6.07) is 4.03. The summed E-state index contributed by atoms with van der Waals surface area (Å²) in [6.45, 7) is 0.843. The summed E-state index contributed by atoms with van der Waals surface area (Å²) in [6.07, 6.45) is -0.682. The number of nitrogens with one attached hydrogen (secondary N) is 4. The zero-order valence-corrected chi connectivity index (χ0v) is 15.9. The molecule has 0 saturated carbocycles. The molecule has 8 nitrogen and oxygen atoms in total. The second kappa shape index (κ2) is 8.11. The molecule has 0 radical (unpaired) electrons. The standard InChI is InChI=1S/C18H16ClF3N6O2/c19-9-3-7(1-2-10(9)20)24-17(28-30)8-4-11(21)14(22)16-15(8)26-18(27-16)25-12-5-23-6-13(12)29/h1-4,12-13,23,29-30H,5-6H2,(H,24,28)(H2,25,26,27). The van der Waals surface area contributed by atoms with Gasteiger partial charge in [0.2, 0.25) is 5.95 Å². The Morgan fingerprint density at radius 1 is 1.20 bits per heavy atom. The number of β-amino-alcohol motifs (C(OH)–C–C–N with tert-alkyl or cyclic N) is 1. The lowest BCUT2D eigenvalue weighted by atomic mass is 10.1. The summed E-state index contributed by atoms with van der Waals surface area (Å²) in [5, 5.41) is 25.2. The number of aliphatic hydroxyl groups is 1. The number of amidine groups is 1. The Morgan fingerprint density at radius 3 is 2.67 bits per heavy atom. The van der Waals surface area contributed by atoms with Crippen molar-refractivity contribution < 1.29 is 23.5 Å². The largest absolute Gasteiger partial charge is 0.390 e. The topological polar surface area (TPSA) is 118 Å². The third-order valence-corrected chi connectivity index (χ3v) is 4.96. The lowest BCUT2D eigenvalue weighted by molar-refractivity contribution is 0.185. The van der Waals surface area contributed by atoms with E-state index < -0.39 is 23.6 Å². The number of hydrogen-bond acceptors (Lipinski definition) is 6. The number of aliphatic hydroxyl groups excluding tert-OH is 1. The molecule has 30 heavy (non-hydrogen) atoms. The number of aliphatic imine (C=N–C) groups is 1. The number of nitrogens with zero attached hydrogens (tertiary/aromatic N) is 2. The van der Waals surface area contributed by atoms with Gasteiger partial charge in [-0.1, -0.05) is 11.6 Å². The van der Waals surface area contributed by atoms with Gasteiger partial charge in [-0.3, -0.25) is 10.7 Å². The summed E-state index contributed by atoms with van der Waals surface area (Å²) in [7, 11) is 0. The molecule has 158 valence electrons. The molecule has 2 heterocycles. The fraction of sp³-hybridized carbons (Fsp3) is 0.222. The number of fused-ring (bicyclic) bond motifs is 1. The molecule has 12 heteroatoms. The predicted octanol–water partition coefficient (Wildman–Crippen LogP) is 2.44. The third kappa shape index (κ3) is 3.79. The van der Waals surface area contributed by atoms with E-state index in [1.165, 1.54) is 12.1 Å². The van der Waals surface area contributed by atoms with Crippen molar-refractivity contribution in [2.24, 2.45) is 4.99 Å². The van der Waals surface area contributed by atoms with Crippen LogP contribution in [0.4, 0.5) is 24.8 Å². The van der Waals surface area contributed by atoms with Crippen LogP contribution in [0, 0.1) is 17.5 Å². The van der Waals surface area contributed by atoms with Gasteiger partial charge in [0.1, 0.15) is 11.3 Å². The molecule has 2 atom stereocenters. The summed E-state index contributed by atoms with van der Waals surface area (Å²) >= 11 is 5.74. The Hall–Kier alpha value is -2.86. The third-order valence-electron chi connectivity index (χ3n) is 4.67. The van der Waals surface area contributed by atoms with Crippen molar-refractivity contribution in [3.8, 4) is 0 Å². The number of hydroxylamine groups is 1. The Kier molecular flexibility index (Phi) is 5.52. The van der Waals surface area contributed by atoms with Crippen LogP contribution in [0.25, 0.3) is 11.0 Å². The van der Waals surface area contributed by atoms with Gasteiger partial charge >= 0.3 is 0 Å². The highest BCUT2D eigenvalue weighted by Gasteiger charge is 2.26. The molecular formula is C18H16ClF3N6O2. The van der Waals surface area contributed by atoms with Crippen molar-refractivity contribution in [2.75, 3.05) is 18.4 Å².